The van der Waals surface area contributed by atoms with Crippen LogP contribution in [0.5, 0.6) is 0 Å². The predicted molar refractivity (Wildman–Crippen MR) is 270 cm³/mol. The molecular weight excluding hydrogens is 856 g/mol. The smallest absolute Gasteiger partial charge is 0.462 e. The largest absolute Gasteiger partial charge is 0.472 e. The second kappa shape index (κ2) is 48.9. The number of aliphatic hydroxyl groups excluding tert-OH is 1. The number of rotatable bonds is 49. The molecule has 0 aromatic carbocycles. The van der Waals surface area contributed by atoms with Gasteiger partial charge < -0.3 is 24.2 Å². The zero-order valence-electron chi connectivity index (χ0n) is 42.2. The summed E-state index contributed by atoms with van der Waals surface area (Å²) in [6.45, 7) is 4.51. The van der Waals surface area contributed by atoms with Crippen LogP contribution in [0.1, 0.15) is 239 Å². The normalized spacial score (nSPS) is 13.8. The highest BCUT2D eigenvalue weighted by molar-refractivity contribution is 7.47. The van der Waals surface area contributed by atoms with Gasteiger partial charge in [-0.1, -0.05) is 172 Å². The molecule has 0 rings (SSSR count). The molecule has 0 spiro atoms. The molecule has 0 aromatic heterocycles. The van der Waals surface area contributed by atoms with Crippen molar-refractivity contribution in [1.29, 1.82) is 0 Å². The Kier molecular flexibility index (Phi) is 47.0. The third kappa shape index (κ3) is 46.5. The van der Waals surface area contributed by atoms with Gasteiger partial charge >= 0.3 is 25.7 Å². The van der Waals surface area contributed by atoms with Gasteiger partial charge in [0.15, 0.2) is 6.10 Å². The predicted octanol–water partition coefficient (Wildman–Crippen LogP) is 15.0. The zero-order chi connectivity index (χ0) is 48.4. The minimum Gasteiger partial charge on any atom is -0.462 e. The summed E-state index contributed by atoms with van der Waals surface area (Å²) in [6.07, 6.45) is 49.3. The van der Waals surface area contributed by atoms with Crippen molar-refractivity contribution >= 4 is 25.7 Å². The fraction of sp³-hybridized carbons (Fsp3) is 0.796. The number of allylic oxidation sites excluding steroid dienone is 8. The van der Waals surface area contributed by atoms with Crippen molar-refractivity contribution in [3.63, 3.8) is 0 Å². The standard InChI is InChI=1S/C54H97O11P/c1-4-7-10-13-16-19-22-25-28-31-34-37-40-43-52(56)61-47-51(65-54(58)45-42-39-36-33-30-27-24-21-18-15-12-9-6-3)49-63-66(59,60)62-48-50(46-55)64-53(57)44-41-38-35-32-29-26-23-20-17-14-11-8-5-2/h12,15,19-24,50-51,55H,4-11,13-14,16-18,25-49H2,1-3H3,(H,59,60)/b15-12-,22-19-,23-20-,24-21-. The fourth-order valence-corrected chi connectivity index (χ4v) is 7.87. The minimum absolute atomic E-state index is 0.150. The highest BCUT2D eigenvalue weighted by atomic mass is 31.2. The van der Waals surface area contributed by atoms with Crippen LogP contribution in [0.2, 0.25) is 0 Å². The zero-order valence-corrected chi connectivity index (χ0v) is 43.1. The molecule has 12 heteroatoms. The molecule has 3 unspecified atom stereocenters. The van der Waals surface area contributed by atoms with E-state index < -0.39 is 57.8 Å². The average molecular weight is 953 g/mol. The number of hydrogen-bond donors (Lipinski definition) is 2. The molecule has 0 fully saturated rings. The third-order valence-corrected chi connectivity index (χ3v) is 12.1. The molecule has 0 aliphatic heterocycles. The van der Waals surface area contributed by atoms with Gasteiger partial charge in [-0.2, -0.15) is 0 Å². The number of phosphoric acid groups is 1. The Balaban J connectivity index is 4.75. The van der Waals surface area contributed by atoms with Crippen LogP contribution >= 0.6 is 7.82 Å². The molecule has 0 aliphatic rings. The van der Waals surface area contributed by atoms with Crippen molar-refractivity contribution in [3.8, 4) is 0 Å². The van der Waals surface area contributed by atoms with Crippen molar-refractivity contribution in [3.05, 3.63) is 48.6 Å². The number of esters is 3. The lowest BCUT2D eigenvalue weighted by Gasteiger charge is -2.21. The lowest BCUT2D eigenvalue weighted by atomic mass is 10.1. The van der Waals surface area contributed by atoms with E-state index in [1.165, 1.54) is 51.4 Å². The monoisotopic (exact) mass is 953 g/mol. The summed E-state index contributed by atoms with van der Waals surface area (Å²) >= 11 is 0. The first-order chi connectivity index (χ1) is 32.2. The molecule has 66 heavy (non-hydrogen) atoms. The first kappa shape index (κ1) is 63.4. The molecule has 0 amide bonds. The molecule has 3 atom stereocenters. The number of ether oxygens (including phenoxy) is 3. The van der Waals surface area contributed by atoms with Crippen LogP contribution in [0, 0.1) is 0 Å². The van der Waals surface area contributed by atoms with Gasteiger partial charge in [0.2, 0.25) is 0 Å². The molecule has 0 aromatic rings. The fourth-order valence-electron chi connectivity index (χ4n) is 7.09. The van der Waals surface area contributed by atoms with Crippen molar-refractivity contribution in [1.82, 2.24) is 0 Å². The first-order valence-corrected chi connectivity index (χ1v) is 28.0. The molecule has 0 bridgehead atoms. The average Bonchev–Trinajstić information content (AvgIpc) is 3.30. The van der Waals surface area contributed by atoms with E-state index >= 15 is 0 Å². The maximum absolute atomic E-state index is 12.8. The maximum atomic E-state index is 12.8. The van der Waals surface area contributed by atoms with E-state index in [1.54, 1.807) is 0 Å². The van der Waals surface area contributed by atoms with Gasteiger partial charge in [-0.25, -0.2) is 4.57 Å². The molecule has 384 valence electrons. The maximum Gasteiger partial charge on any atom is 0.472 e. The van der Waals surface area contributed by atoms with Crippen LogP contribution in [-0.4, -0.2) is 66.5 Å². The summed E-state index contributed by atoms with van der Waals surface area (Å²) in [4.78, 5) is 48.3. The van der Waals surface area contributed by atoms with Gasteiger partial charge in [-0.3, -0.25) is 23.4 Å². The molecular formula is C54H97O11P. The Hall–Kier alpha value is -2.56. The molecule has 2 N–H and O–H groups in total. The van der Waals surface area contributed by atoms with Crippen LogP contribution < -0.4 is 0 Å². The van der Waals surface area contributed by atoms with Gasteiger partial charge in [0.05, 0.1) is 19.8 Å². The quantitative estimate of drug-likeness (QED) is 0.0197. The van der Waals surface area contributed by atoms with E-state index in [4.69, 9.17) is 23.3 Å². The van der Waals surface area contributed by atoms with E-state index in [-0.39, 0.29) is 25.9 Å². The summed E-state index contributed by atoms with van der Waals surface area (Å²) in [7, 11) is -4.75. The number of aliphatic hydroxyl groups is 1. The van der Waals surface area contributed by atoms with Gasteiger partial charge in [0.1, 0.15) is 12.7 Å². The highest BCUT2D eigenvalue weighted by Gasteiger charge is 2.28. The van der Waals surface area contributed by atoms with Crippen LogP contribution in [0.3, 0.4) is 0 Å². The topological polar surface area (TPSA) is 155 Å². The second-order valence-electron chi connectivity index (χ2n) is 17.7. The number of phosphoric ester groups is 1. The van der Waals surface area contributed by atoms with Crippen molar-refractivity contribution in [2.24, 2.45) is 0 Å². The molecule has 0 heterocycles. The Labute approximate surface area is 403 Å². The Morgan fingerprint density at radius 2 is 0.773 bits per heavy atom. The molecule has 0 aliphatic carbocycles. The number of unbranched alkanes of at least 4 members (excludes halogenated alkanes) is 24. The summed E-state index contributed by atoms with van der Waals surface area (Å²) in [5.74, 6) is -1.50. The van der Waals surface area contributed by atoms with Crippen molar-refractivity contribution in [2.45, 2.75) is 251 Å². The summed E-state index contributed by atoms with van der Waals surface area (Å²) < 4.78 is 39.3. The summed E-state index contributed by atoms with van der Waals surface area (Å²) in [5, 5.41) is 9.77. The summed E-state index contributed by atoms with van der Waals surface area (Å²) in [5.41, 5.74) is 0. The third-order valence-electron chi connectivity index (χ3n) is 11.2. The first-order valence-electron chi connectivity index (χ1n) is 26.5. The van der Waals surface area contributed by atoms with E-state index in [0.29, 0.717) is 19.3 Å². The lowest BCUT2D eigenvalue weighted by Crippen LogP contribution is -2.30. The van der Waals surface area contributed by atoms with E-state index in [0.717, 1.165) is 128 Å². The van der Waals surface area contributed by atoms with Crippen LogP contribution in [0.4, 0.5) is 0 Å². The van der Waals surface area contributed by atoms with E-state index in [2.05, 4.69) is 69.4 Å². The SMILES string of the molecule is CCC/C=C\C/C=C\CCCCCCCC(=O)OC(COC(=O)CCCCCCC/C=C\CCCCCC)COP(=O)(O)OCC(CO)OC(=O)CCCCCCC/C=C\CCCCCC. The van der Waals surface area contributed by atoms with Crippen LogP contribution in [0.25, 0.3) is 0 Å². The molecule has 0 saturated carbocycles. The Bertz CT molecular complexity index is 1300. The Morgan fingerprint density at radius 3 is 1.20 bits per heavy atom. The van der Waals surface area contributed by atoms with Gasteiger partial charge in [-0.05, 0) is 96.3 Å². The van der Waals surface area contributed by atoms with E-state index in [1.807, 2.05) is 0 Å². The van der Waals surface area contributed by atoms with Crippen molar-refractivity contribution in [2.75, 3.05) is 26.4 Å². The minimum atomic E-state index is -4.75. The van der Waals surface area contributed by atoms with Crippen molar-refractivity contribution < 1.29 is 52.2 Å². The van der Waals surface area contributed by atoms with Crippen LogP contribution in [0.15, 0.2) is 48.6 Å². The lowest BCUT2D eigenvalue weighted by molar-refractivity contribution is -0.161. The van der Waals surface area contributed by atoms with Crippen LogP contribution in [-0.2, 0) is 42.2 Å². The second-order valence-corrected chi connectivity index (χ2v) is 19.1. The number of hydrogen-bond acceptors (Lipinski definition) is 10. The van der Waals surface area contributed by atoms with E-state index in [9.17, 15) is 28.9 Å². The highest BCUT2D eigenvalue weighted by Crippen LogP contribution is 2.43. The van der Waals surface area contributed by atoms with Gasteiger partial charge in [0.25, 0.3) is 0 Å². The molecule has 0 radical (unpaired) electrons. The van der Waals surface area contributed by atoms with Gasteiger partial charge in [-0.15, -0.1) is 0 Å². The Morgan fingerprint density at radius 1 is 0.424 bits per heavy atom. The molecule has 0 saturated heterocycles. The van der Waals surface area contributed by atoms with Gasteiger partial charge in [0, 0.05) is 19.3 Å². The number of carbonyl (C=O) groups is 3. The summed E-state index contributed by atoms with van der Waals surface area (Å²) in [6, 6.07) is 0. The number of carbonyl (C=O) groups excluding carboxylic acids is 3. The molecule has 11 nitrogen and oxygen atoms in total.